The van der Waals surface area contributed by atoms with Gasteiger partial charge in [-0.3, -0.25) is 0 Å². The number of rotatable bonds is 6. The molecule has 0 aromatic carbocycles. The third kappa shape index (κ3) is 4.28. The second-order valence-electron chi connectivity index (χ2n) is 4.00. The highest BCUT2D eigenvalue weighted by molar-refractivity contribution is 7.09. The Balaban J connectivity index is 2.29. The van der Waals surface area contributed by atoms with E-state index < -0.39 is 0 Å². The summed E-state index contributed by atoms with van der Waals surface area (Å²) in [4.78, 5) is 15.6. The normalized spacial score (nSPS) is 10.8. The van der Waals surface area contributed by atoms with Gasteiger partial charge in [0.25, 0.3) is 0 Å². The molecule has 1 rings (SSSR count). The first-order valence-electron chi connectivity index (χ1n) is 5.45. The Morgan fingerprint density at radius 3 is 2.94 bits per heavy atom. The Morgan fingerprint density at radius 2 is 2.38 bits per heavy atom. The lowest BCUT2D eigenvalue weighted by atomic mass is 10.1. The summed E-state index contributed by atoms with van der Waals surface area (Å²) in [5, 5.41) is 2.45. The summed E-state index contributed by atoms with van der Waals surface area (Å²) in [5.41, 5.74) is 5.78. The summed E-state index contributed by atoms with van der Waals surface area (Å²) in [6, 6.07) is 0. The van der Waals surface area contributed by atoms with Gasteiger partial charge in [0, 0.05) is 11.9 Å². The molecular weight excluding hydrogens is 224 g/mol. The highest BCUT2D eigenvalue weighted by Gasteiger charge is 2.11. The second-order valence-corrected chi connectivity index (χ2v) is 4.95. The van der Waals surface area contributed by atoms with Gasteiger partial charge in [-0.05, 0) is 18.8 Å². The maximum Gasteiger partial charge on any atom is 0.357 e. The van der Waals surface area contributed by atoms with Crippen LogP contribution in [0.2, 0.25) is 0 Å². The molecule has 0 fully saturated rings. The molecule has 0 saturated heterocycles. The molecule has 0 unspecified atom stereocenters. The van der Waals surface area contributed by atoms with Gasteiger partial charge in [0.15, 0.2) is 5.69 Å². The van der Waals surface area contributed by atoms with Gasteiger partial charge in [0.2, 0.25) is 0 Å². The van der Waals surface area contributed by atoms with Crippen LogP contribution in [0.4, 0.5) is 0 Å². The standard InChI is InChI=1S/C11H18N2O2S/c1-8(2)4-3-5-15-11(14)9-7-16-10(6-12)13-9/h7-8H,3-6,12H2,1-2H3. The number of hydrogen-bond donors (Lipinski definition) is 1. The van der Waals surface area contributed by atoms with Gasteiger partial charge in [0.05, 0.1) is 6.61 Å². The molecule has 4 nitrogen and oxygen atoms in total. The largest absolute Gasteiger partial charge is 0.461 e. The predicted molar refractivity (Wildman–Crippen MR) is 64.4 cm³/mol. The summed E-state index contributed by atoms with van der Waals surface area (Å²) in [5.74, 6) is 0.293. The van der Waals surface area contributed by atoms with Crippen molar-refractivity contribution in [3.63, 3.8) is 0 Å². The van der Waals surface area contributed by atoms with Crippen LogP contribution in [0, 0.1) is 5.92 Å². The molecule has 90 valence electrons. The van der Waals surface area contributed by atoms with Gasteiger partial charge in [-0.25, -0.2) is 9.78 Å². The monoisotopic (exact) mass is 242 g/mol. The fourth-order valence-electron chi connectivity index (χ4n) is 1.23. The van der Waals surface area contributed by atoms with Gasteiger partial charge in [-0.2, -0.15) is 0 Å². The highest BCUT2D eigenvalue weighted by atomic mass is 32.1. The van der Waals surface area contributed by atoms with Crippen molar-refractivity contribution in [1.82, 2.24) is 4.98 Å². The Morgan fingerprint density at radius 1 is 1.62 bits per heavy atom. The van der Waals surface area contributed by atoms with Crippen LogP contribution < -0.4 is 5.73 Å². The Hall–Kier alpha value is -0.940. The fourth-order valence-corrected chi connectivity index (χ4v) is 1.87. The molecule has 0 aliphatic heterocycles. The van der Waals surface area contributed by atoms with E-state index in [-0.39, 0.29) is 5.97 Å². The average Bonchev–Trinajstić information content (AvgIpc) is 2.72. The van der Waals surface area contributed by atoms with Gasteiger partial charge < -0.3 is 10.5 Å². The van der Waals surface area contributed by atoms with Crippen molar-refractivity contribution in [2.24, 2.45) is 11.7 Å². The zero-order valence-corrected chi connectivity index (χ0v) is 10.5. The van der Waals surface area contributed by atoms with Gasteiger partial charge in [0.1, 0.15) is 5.01 Å². The number of thiazole rings is 1. The van der Waals surface area contributed by atoms with E-state index in [2.05, 4.69) is 18.8 Å². The summed E-state index contributed by atoms with van der Waals surface area (Å²) in [7, 11) is 0. The number of esters is 1. The zero-order valence-electron chi connectivity index (χ0n) is 9.73. The minimum absolute atomic E-state index is 0.347. The highest BCUT2D eigenvalue weighted by Crippen LogP contribution is 2.10. The third-order valence-electron chi connectivity index (χ3n) is 2.09. The van der Waals surface area contributed by atoms with E-state index in [9.17, 15) is 4.79 Å². The lowest BCUT2D eigenvalue weighted by Crippen LogP contribution is -2.08. The third-order valence-corrected chi connectivity index (χ3v) is 2.97. The Bertz CT molecular complexity index is 336. The first kappa shape index (κ1) is 13.1. The molecule has 5 heteroatoms. The fraction of sp³-hybridized carbons (Fsp3) is 0.636. The molecule has 2 N–H and O–H groups in total. The van der Waals surface area contributed by atoms with Gasteiger partial charge in [-0.1, -0.05) is 13.8 Å². The van der Waals surface area contributed by atoms with Crippen molar-refractivity contribution in [3.8, 4) is 0 Å². The van der Waals surface area contributed by atoms with Crippen LogP contribution in [0.15, 0.2) is 5.38 Å². The molecule has 0 bridgehead atoms. The molecule has 1 heterocycles. The molecule has 0 aliphatic rings. The van der Waals surface area contributed by atoms with E-state index in [0.29, 0.717) is 24.8 Å². The number of carbonyl (C=O) groups is 1. The number of carbonyl (C=O) groups excluding carboxylic acids is 1. The number of aromatic nitrogens is 1. The lowest BCUT2D eigenvalue weighted by Gasteiger charge is -2.04. The van der Waals surface area contributed by atoms with Gasteiger partial charge in [-0.15, -0.1) is 11.3 Å². The van der Waals surface area contributed by atoms with E-state index >= 15 is 0 Å². The van der Waals surface area contributed by atoms with Crippen molar-refractivity contribution < 1.29 is 9.53 Å². The van der Waals surface area contributed by atoms with Crippen LogP contribution in [-0.2, 0) is 11.3 Å². The summed E-state index contributed by atoms with van der Waals surface area (Å²) >= 11 is 1.39. The van der Waals surface area contributed by atoms with Crippen molar-refractivity contribution in [3.05, 3.63) is 16.1 Å². The minimum atomic E-state index is -0.347. The SMILES string of the molecule is CC(C)CCCOC(=O)c1csc(CN)n1. The van der Waals surface area contributed by atoms with Crippen LogP contribution in [0.3, 0.4) is 0 Å². The van der Waals surface area contributed by atoms with Crippen LogP contribution >= 0.6 is 11.3 Å². The predicted octanol–water partition coefficient (Wildman–Crippen LogP) is 2.19. The van der Waals surface area contributed by atoms with E-state index in [1.165, 1.54) is 11.3 Å². The number of ether oxygens (including phenoxy) is 1. The zero-order chi connectivity index (χ0) is 12.0. The Kier molecular flexibility index (Phi) is 5.42. The average molecular weight is 242 g/mol. The molecule has 16 heavy (non-hydrogen) atoms. The summed E-state index contributed by atoms with van der Waals surface area (Å²) in [6.07, 6.45) is 1.97. The Labute approximate surface area is 99.8 Å². The minimum Gasteiger partial charge on any atom is -0.461 e. The molecule has 0 aliphatic carbocycles. The van der Waals surface area contributed by atoms with Crippen molar-refractivity contribution >= 4 is 17.3 Å². The first-order chi connectivity index (χ1) is 7.63. The van der Waals surface area contributed by atoms with E-state index in [1.54, 1.807) is 5.38 Å². The van der Waals surface area contributed by atoms with E-state index in [4.69, 9.17) is 10.5 Å². The van der Waals surface area contributed by atoms with Gasteiger partial charge >= 0.3 is 5.97 Å². The summed E-state index contributed by atoms with van der Waals surface area (Å²) in [6.45, 7) is 5.13. The number of nitrogens with two attached hydrogens (primary N) is 1. The lowest BCUT2D eigenvalue weighted by molar-refractivity contribution is 0.0488. The van der Waals surface area contributed by atoms with Crippen LogP contribution in [-0.4, -0.2) is 17.6 Å². The van der Waals surface area contributed by atoms with E-state index in [0.717, 1.165) is 17.8 Å². The van der Waals surface area contributed by atoms with Crippen LogP contribution in [0.1, 0.15) is 42.2 Å². The molecule has 0 atom stereocenters. The van der Waals surface area contributed by atoms with Crippen LogP contribution in [0.5, 0.6) is 0 Å². The van der Waals surface area contributed by atoms with Crippen molar-refractivity contribution in [2.45, 2.75) is 33.2 Å². The topological polar surface area (TPSA) is 65.2 Å². The number of nitrogens with zero attached hydrogens (tertiary/aromatic N) is 1. The molecule has 0 saturated carbocycles. The molecule has 0 spiro atoms. The molecule has 0 radical (unpaired) electrons. The molecular formula is C11H18N2O2S. The van der Waals surface area contributed by atoms with E-state index in [1.807, 2.05) is 0 Å². The quantitative estimate of drug-likeness (QED) is 0.613. The second kappa shape index (κ2) is 6.60. The van der Waals surface area contributed by atoms with Crippen molar-refractivity contribution in [2.75, 3.05) is 6.61 Å². The summed E-state index contributed by atoms with van der Waals surface area (Å²) < 4.78 is 5.10. The molecule has 1 aromatic heterocycles. The van der Waals surface area contributed by atoms with Crippen molar-refractivity contribution in [1.29, 1.82) is 0 Å². The maximum absolute atomic E-state index is 11.5. The maximum atomic E-state index is 11.5. The van der Waals surface area contributed by atoms with Crippen LogP contribution in [0.25, 0.3) is 0 Å². The first-order valence-corrected chi connectivity index (χ1v) is 6.33. The molecule has 0 amide bonds. The molecule has 1 aromatic rings. The smallest absolute Gasteiger partial charge is 0.357 e. The number of hydrogen-bond acceptors (Lipinski definition) is 5.